The van der Waals surface area contributed by atoms with E-state index in [0.717, 1.165) is 16.6 Å². The summed E-state index contributed by atoms with van der Waals surface area (Å²) in [5.74, 6) is 0. The van der Waals surface area contributed by atoms with Crippen LogP contribution in [0.2, 0.25) is 16.6 Å². The van der Waals surface area contributed by atoms with Crippen LogP contribution in [0.4, 0.5) is 0 Å². The van der Waals surface area contributed by atoms with E-state index in [1.807, 2.05) is 12.5 Å². The number of aromatic nitrogens is 5. The molecule has 3 heterocycles. The highest BCUT2D eigenvalue weighted by atomic mass is 32.2. The van der Waals surface area contributed by atoms with Crippen molar-refractivity contribution in [3.8, 4) is 0 Å². The Bertz CT molecular complexity index is 949. The summed E-state index contributed by atoms with van der Waals surface area (Å²) in [7, 11) is -2.03. The Labute approximate surface area is 178 Å². The fraction of sp³-hybridized carbons (Fsp3) is 0.524. The molecular formula is C21H31N5OSSi. The highest BCUT2D eigenvalue weighted by Gasteiger charge is 2.46. The maximum atomic E-state index is 11.2. The van der Waals surface area contributed by atoms with Crippen LogP contribution in [-0.4, -0.2) is 43.8 Å². The van der Waals surface area contributed by atoms with Gasteiger partial charge in [-0.2, -0.15) is 0 Å². The standard InChI is InChI=1S/C21H31N5OSSi/c1-13(2)29(14(3)4,15(5)6)26-11-18(17-10-22-12-25-20(17)26)19(27)16-8-23-21(28-7)24-9-16/h8-15,19,27H,1-7H3. The lowest BCUT2D eigenvalue weighted by Gasteiger charge is -2.44. The molecule has 0 aliphatic rings. The van der Waals surface area contributed by atoms with E-state index < -0.39 is 14.3 Å². The minimum atomic E-state index is -2.03. The summed E-state index contributed by atoms with van der Waals surface area (Å²) in [5, 5.41) is 12.8. The molecule has 3 rings (SSSR count). The Balaban J connectivity index is 2.23. The zero-order valence-electron chi connectivity index (χ0n) is 18.3. The van der Waals surface area contributed by atoms with Gasteiger partial charge in [-0.1, -0.05) is 53.3 Å². The van der Waals surface area contributed by atoms with Crippen molar-refractivity contribution in [2.24, 2.45) is 0 Å². The number of fused-ring (bicyclic) bond motifs is 1. The fourth-order valence-electron chi connectivity index (χ4n) is 5.09. The molecule has 0 saturated carbocycles. The predicted molar refractivity (Wildman–Crippen MR) is 122 cm³/mol. The summed E-state index contributed by atoms with van der Waals surface area (Å²) >= 11 is 1.48. The first kappa shape index (κ1) is 21.9. The minimum absolute atomic E-state index is 0.516. The smallest absolute Gasteiger partial charge is 0.187 e. The van der Waals surface area contributed by atoms with E-state index in [9.17, 15) is 5.11 Å². The van der Waals surface area contributed by atoms with Crippen molar-refractivity contribution >= 4 is 31.0 Å². The Morgan fingerprint density at radius 1 is 0.931 bits per heavy atom. The first-order valence-electron chi connectivity index (χ1n) is 10.1. The van der Waals surface area contributed by atoms with Crippen LogP contribution in [0.3, 0.4) is 0 Å². The third kappa shape index (κ3) is 3.62. The normalized spacial score (nSPS) is 13.8. The number of hydrogen-bond acceptors (Lipinski definition) is 6. The molecule has 0 amide bonds. The van der Waals surface area contributed by atoms with E-state index in [0.29, 0.717) is 27.3 Å². The molecule has 156 valence electrons. The van der Waals surface area contributed by atoms with Gasteiger partial charge in [0.05, 0.1) is 0 Å². The van der Waals surface area contributed by atoms with Gasteiger partial charge in [0.1, 0.15) is 18.1 Å². The summed E-state index contributed by atoms with van der Waals surface area (Å²) in [6.45, 7) is 13.9. The average Bonchev–Trinajstić information content (AvgIpc) is 3.07. The van der Waals surface area contributed by atoms with Gasteiger partial charge in [-0.25, -0.2) is 19.9 Å². The van der Waals surface area contributed by atoms with Crippen molar-refractivity contribution in [3.05, 3.63) is 42.2 Å². The molecule has 1 unspecified atom stereocenters. The number of aliphatic hydroxyl groups is 1. The van der Waals surface area contributed by atoms with Crippen molar-refractivity contribution in [2.45, 2.75) is 69.4 Å². The molecule has 0 spiro atoms. The molecular weight excluding hydrogens is 398 g/mol. The third-order valence-electron chi connectivity index (χ3n) is 6.13. The maximum absolute atomic E-state index is 11.2. The molecule has 0 radical (unpaired) electrons. The first-order chi connectivity index (χ1) is 13.7. The highest BCUT2D eigenvalue weighted by molar-refractivity contribution is 7.98. The van der Waals surface area contributed by atoms with Gasteiger partial charge in [-0.15, -0.1) is 0 Å². The molecule has 1 N–H and O–H groups in total. The Kier molecular flexibility index (Phi) is 6.45. The number of rotatable bonds is 7. The topological polar surface area (TPSA) is 76.7 Å². The SMILES string of the molecule is CSc1ncc(C(O)c2cn([Si](C(C)C)(C(C)C)C(C)C)c3ncncc23)cn1. The van der Waals surface area contributed by atoms with Crippen LogP contribution >= 0.6 is 11.8 Å². The van der Waals surface area contributed by atoms with Crippen LogP contribution in [-0.2, 0) is 0 Å². The fourth-order valence-corrected chi connectivity index (χ4v) is 12.0. The molecule has 0 aliphatic heterocycles. The van der Waals surface area contributed by atoms with Crippen molar-refractivity contribution in [1.82, 2.24) is 24.2 Å². The molecule has 3 aromatic heterocycles. The lowest BCUT2D eigenvalue weighted by Crippen LogP contribution is -2.51. The second-order valence-electron chi connectivity index (χ2n) is 8.47. The average molecular weight is 430 g/mol. The summed E-state index contributed by atoms with van der Waals surface area (Å²) < 4.78 is 2.42. The van der Waals surface area contributed by atoms with Crippen LogP contribution in [0.5, 0.6) is 0 Å². The number of aliphatic hydroxyl groups excluding tert-OH is 1. The second-order valence-corrected chi connectivity index (χ2v) is 15.0. The van der Waals surface area contributed by atoms with Gasteiger partial charge in [-0.3, -0.25) is 0 Å². The number of thioether (sulfide) groups is 1. The molecule has 8 heteroatoms. The molecule has 0 aliphatic carbocycles. The van der Waals surface area contributed by atoms with E-state index in [1.165, 1.54) is 11.8 Å². The highest BCUT2D eigenvalue weighted by Crippen LogP contribution is 2.45. The van der Waals surface area contributed by atoms with Crippen molar-refractivity contribution in [1.29, 1.82) is 0 Å². The molecule has 29 heavy (non-hydrogen) atoms. The Hall–Kier alpha value is -1.77. The van der Waals surface area contributed by atoms with E-state index >= 15 is 0 Å². The second kappa shape index (κ2) is 8.53. The monoisotopic (exact) mass is 429 g/mol. The molecule has 0 fully saturated rings. The van der Waals surface area contributed by atoms with Gasteiger partial charge in [0.15, 0.2) is 13.4 Å². The van der Waals surface area contributed by atoms with Crippen LogP contribution < -0.4 is 0 Å². The molecule has 0 bridgehead atoms. The van der Waals surface area contributed by atoms with Crippen LogP contribution in [0, 0.1) is 0 Å². The van der Waals surface area contributed by atoms with E-state index in [2.05, 4.69) is 71.9 Å². The van der Waals surface area contributed by atoms with E-state index in [4.69, 9.17) is 0 Å². The van der Waals surface area contributed by atoms with Gasteiger partial charge >= 0.3 is 0 Å². The summed E-state index contributed by atoms with van der Waals surface area (Å²) in [6, 6.07) is 0. The molecule has 6 nitrogen and oxygen atoms in total. The van der Waals surface area contributed by atoms with Crippen molar-refractivity contribution in [2.75, 3.05) is 6.26 Å². The summed E-state index contributed by atoms with van der Waals surface area (Å²) in [6.07, 6.45) is 10.1. The van der Waals surface area contributed by atoms with Gasteiger partial charge in [0, 0.05) is 41.3 Å². The van der Waals surface area contributed by atoms with Crippen molar-refractivity contribution < 1.29 is 5.11 Å². The van der Waals surface area contributed by atoms with E-state index in [-0.39, 0.29) is 0 Å². The van der Waals surface area contributed by atoms with Crippen LogP contribution in [0.15, 0.2) is 36.3 Å². The Morgan fingerprint density at radius 2 is 1.52 bits per heavy atom. The lowest BCUT2D eigenvalue weighted by molar-refractivity contribution is 0.220. The zero-order chi connectivity index (χ0) is 21.3. The van der Waals surface area contributed by atoms with Crippen LogP contribution in [0.1, 0.15) is 58.8 Å². The number of nitrogens with zero attached hydrogens (tertiary/aromatic N) is 5. The predicted octanol–water partition coefficient (Wildman–Crippen LogP) is 5.05. The maximum Gasteiger partial charge on any atom is 0.187 e. The molecule has 1 atom stereocenters. The Morgan fingerprint density at radius 3 is 2.03 bits per heavy atom. The van der Waals surface area contributed by atoms with Gasteiger partial charge in [0.25, 0.3) is 0 Å². The number of hydrogen-bond donors (Lipinski definition) is 1. The van der Waals surface area contributed by atoms with Gasteiger partial charge in [0.2, 0.25) is 0 Å². The molecule has 3 aromatic rings. The van der Waals surface area contributed by atoms with Gasteiger partial charge < -0.3 is 9.34 Å². The zero-order valence-corrected chi connectivity index (χ0v) is 20.1. The quantitative estimate of drug-likeness (QED) is 0.322. The molecule has 0 aromatic carbocycles. The lowest BCUT2D eigenvalue weighted by atomic mass is 10.1. The largest absolute Gasteiger partial charge is 0.383 e. The van der Waals surface area contributed by atoms with Gasteiger partial charge in [-0.05, 0) is 22.9 Å². The minimum Gasteiger partial charge on any atom is -0.383 e. The third-order valence-corrected chi connectivity index (χ3v) is 13.4. The van der Waals surface area contributed by atoms with Crippen molar-refractivity contribution in [3.63, 3.8) is 0 Å². The summed E-state index contributed by atoms with van der Waals surface area (Å²) in [4.78, 5) is 17.6. The first-order valence-corrected chi connectivity index (χ1v) is 13.5. The molecule has 0 saturated heterocycles. The van der Waals surface area contributed by atoms with E-state index in [1.54, 1.807) is 18.7 Å². The summed E-state index contributed by atoms with van der Waals surface area (Å²) in [5.41, 5.74) is 3.96. The van der Waals surface area contributed by atoms with Crippen LogP contribution in [0.25, 0.3) is 11.0 Å².